The van der Waals surface area contributed by atoms with E-state index in [2.05, 4.69) is 38.5 Å². The van der Waals surface area contributed by atoms with Gasteiger partial charge in [-0.3, -0.25) is 4.79 Å². The summed E-state index contributed by atoms with van der Waals surface area (Å²) in [6, 6.07) is 10.6. The van der Waals surface area contributed by atoms with Gasteiger partial charge < -0.3 is 29.0 Å². The highest BCUT2D eigenvalue weighted by Gasteiger charge is 2.37. The molecule has 2 aromatic rings. The topological polar surface area (TPSA) is 112 Å². The fraction of sp³-hybridized carbons (Fsp3) is 0.343. The van der Waals surface area contributed by atoms with E-state index in [1.165, 1.54) is 0 Å². The summed E-state index contributed by atoms with van der Waals surface area (Å²) in [5, 5.41) is 12.3. The molecule has 0 amide bonds. The average molecular weight is 604 g/mol. The molecule has 0 radical (unpaired) electrons. The zero-order valence-electron chi connectivity index (χ0n) is 25.6. The van der Waals surface area contributed by atoms with Crippen molar-refractivity contribution >= 4 is 41.1 Å². The van der Waals surface area contributed by atoms with Crippen LogP contribution in [-0.2, 0) is 23.9 Å². The second kappa shape index (κ2) is 16.7. The van der Waals surface area contributed by atoms with E-state index in [1.54, 1.807) is 24.3 Å². The number of nitrogens with zero attached hydrogens (tertiary/aromatic N) is 1. The second-order valence-corrected chi connectivity index (χ2v) is 10.1. The van der Waals surface area contributed by atoms with E-state index < -0.39 is 11.9 Å². The monoisotopic (exact) mass is 603 g/mol. The molecule has 2 aromatic carbocycles. The Kier molecular flexibility index (Phi) is 12.8. The third-order valence-corrected chi connectivity index (χ3v) is 6.91. The van der Waals surface area contributed by atoms with Crippen molar-refractivity contribution in [1.82, 2.24) is 0 Å². The van der Waals surface area contributed by atoms with Crippen molar-refractivity contribution in [2.24, 2.45) is 0 Å². The van der Waals surface area contributed by atoms with Crippen molar-refractivity contribution < 1.29 is 38.4 Å². The highest BCUT2D eigenvalue weighted by atomic mass is 16.6. The molecule has 0 unspecified atom stereocenters. The molecule has 0 aliphatic heterocycles. The number of esters is 2. The summed E-state index contributed by atoms with van der Waals surface area (Å²) < 4.78 is 21.9. The maximum absolute atomic E-state index is 13.6. The largest absolute Gasteiger partial charge is 0.506 e. The maximum Gasteiger partial charge on any atom is 0.330 e. The lowest BCUT2D eigenvalue weighted by Crippen LogP contribution is -2.29. The quantitative estimate of drug-likeness (QED) is 0.150. The van der Waals surface area contributed by atoms with Crippen molar-refractivity contribution in [2.75, 3.05) is 44.4 Å². The van der Waals surface area contributed by atoms with Gasteiger partial charge in [-0.25, -0.2) is 9.59 Å². The van der Waals surface area contributed by atoms with Crippen LogP contribution >= 0.6 is 0 Å². The number of unbranched alkanes of at least 4 members (excludes halogenated alkanes) is 2. The number of carbonyl (C=O) groups is 3. The fourth-order valence-electron chi connectivity index (χ4n) is 4.60. The number of hydrogen-bond acceptors (Lipinski definition) is 9. The number of rotatable bonds is 18. The van der Waals surface area contributed by atoms with Gasteiger partial charge in [-0.15, -0.1) is 0 Å². The first-order valence-electron chi connectivity index (χ1n) is 14.8. The molecular formula is C35H41NO8. The van der Waals surface area contributed by atoms with E-state index in [-0.39, 0.29) is 49.1 Å². The summed E-state index contributed by atoms with van der Waals surface area (Å²) in [6.07, 6.45) is 6.28. The molecule has 0 aromatic heterocycles. The van der Waals surface area contributed by atoms with E-state index >= 15 is 0 Å². The third kappa shape index (κ3) is 8.63. The van der Waals surface area contributed by atoms with E-state index in [1.807, 2.05) is 12.1 Å². The van der Waals surface area contributed by atoms with Crippen LogP contribution in [0.1, 0.15) is 45.1 Å². The number of ether oxygens (including phenoxy) is 4. The first-order chi connectivity index (χ1) is 21.2. The molecule has 3 rings (SSSR count). The summed E-state index contributed by atoms with van der Waals surface area (Å²) in [4.78, 5) is 38.7. The SMILES string of the molecule is C=CC(=O)OCCOc1cc(N(CCCC)CCCC)ccc1C1=C(O)/C(=c2\ccc(=C)cc2OCCOC(=O)C=C)C1=O. The summed E-state index contributed by atoms with van der Waals surface area (Å²) >= 11 is 0. The van der Waals surface area contributed by atoms with Gasteiger partial charge in [-0.1, -0.05) is 52.5 Å². The highest BCUT2D eigenvalue weighted by molar-refractivity contribution is 6.52. The molecule has 0 atom stereocenters. The number of aliphatic hydroxyl groups is 1. The summed E-state index contributed by atoms with van der Waals surface area (Å²) in [6.45, 7) is 16.7. The molecule has 0 heterocycles. The molecule has 1 aliphatic rings. The number of anilines is 1. The zero-order chi connectivity index (χ0) is 32.1. The molecule has 1 N–H and O–H groups in total. The number of benzene rings is 2. The lowest BCUT2D eigenvalue weighted by molar-refractivity contribution is -0.139. The molecule has 234 valence electrons. The molecule has 0 saturated heterocycles. The van der Waals surface area contributed by atoms with Crippen molar-refractivity contribution in [1.29, 1.82) is 0 Å². The van der Waals surface area contributed by atoms with Gasteiger partial charge in [0.05, 0.1) is 11.1 Å². The van der Waals surface area contributed by atoms with Crippen molar-refractivity contribution in [2.45, 2.75) is 39.5 Å². The van der Waals surface area contributed by atoms with E-state index in [0.717, 1.165) is 56.6 Å². The number of aliphatic hydroxyl groups excluding tert-OH is 1. The Balaban J connectivity index is 2.01. The third-order valence-electron chi connectivity index (χ3n) is 6.91. The highest BCUT2D eigenvalue weighted by Crippen LogP contribution is 2.42. The number of carbonyl (C=O) groups excluding carboxylic acids is 3. The van der Waals surface area contributed by atoms with Gasteiger partial charge in [0, 0.05) is 47.8 Å². The van der Waals surface area contributed by atoms with Gasteiger partial charge in [0.2, 0.25) is 5.78 Å². The number of Topliss-reactive ketones (excluding diaryl/α,β-unsaturated/α-hetero) is 1. The minimum absolute atomic E-state index is 0.0134. The lowest BCUT2D eigenvalue weighted by atomic mass is 9.81. The smallest absolute Gasteiger partial charge is 0.330 e. The van der Waals surface area contributed by atoms with Crippen LogP contribution in [0.3, 0.4) is 0 Å². The van der Waals surface area contributed by atoms with Gasteiger partial charge in [-0.2, -0.15) is 0 Å². The number of allylic oxidation sites excluding steroid dienone is 2. The fourth-order valence-corrected chi connectivity index (χ4v) is 4.60. The summed E-state index contributed by atoms with van der Waals surface area (Å²) in [7, 11) is 0. The second-order valence-electron chi connectivity index (χ2n) is 10.1. The van der Waals surface area contributed by atoms with Crippen LogP contribution in [0, 0.1) is 0 Å². The van der Waals surface area contributed by atoms with Gasteiger partial charge in [0.25, 0.3) is 0 Å². The Bertz CT molecular complexity index is 1520. The van der Waals surface area contributed by atoms with Crippen molar-refractivity contribution in [3.8, 4) is 11.5 Å². The number of ketones is 1. The molecule has 0 saturated carbocycles. The van der Waals surface area contributed by atoms with Crippen molar-refractivity contribution in [3.63, 3.8) is 0 Å². The van der Waals surface area contributed by atoms with Crippen LogP contribution in [-0.4, -0.2) is 62.3 Å². The Hall–Kier alpha value is -4.79. The molecule has 9 heteroatoms. The van der Waals surface area contributed by atoms with E-state index in [0.29, 0.717) is 27.5 Å². The van der Waals surface area contributed by atoms with E-state index in [9.17, 15) is 19.5 Å². The van der Waals surface area contributed by atoms with Gasteiger partial charge in [0.1, 0.15) is 43.7 Å². The van der Waals surface area contributed by atoms with Gasteiger partial charge in [0.15, 0.2) is 0 Å². The minimum Gasteiger partial charge on any atom is -0.506 e. The molecule has 44 heavy (non-hydrogen) atoms. The predicted octanol–water partition coefficient (Wildman–Crippen LogP) is 4.42. The minimum atomic E-state index is -0.574. The first-order valence-corrected chi connectivity index (χ1v) is 14.8. The van der Waals surface area contributed by atoms with Crippen molar-refractivity contribution in [3.05, 3.63) is 83.5 Å². The van der Waals surface area contributed by atoms with E-state index in [4.69, 9.17) is 18.9 Å². The maximum atomic E-state index is 13.6. The molecule has 9 nitrogen and oxygen atoms in total. The summed E-state index contributed by atoms with van der Waals surface area (Å²) in [5.41, 5.74) is 1.57. The Morgan fingerprint density at radius 1 is 0.818 bits per heavy atom. The molecular weight excluding hydrogens is 562 g/mol. The van der Waals surface area contributed by atoms with Crippen LogP contribution in [0.15, 0.2) is 67.5 Å². The van der Waals surface area contributed by atoms with Crippen LogP contribution in [0.5, 0.6) is 11.5 Å². The molecule has 1 aliphatic carbocycles. The Morgan fingerprint density at radius 3 is 1.95 bits per heavy atom. The van der Waals surface area contributed by atoms with Gasteiger partial charge in [-0.05, 0) is 42.3 Å². The number of hydrogen-bond donors (Lipinski definition) is 1. The standard InChI is InChI=1S/C35H41NO8/c1-6-10-16-36(17-11-7-2)25-13-15-27(29(23-25)42-19-21-44-31(38)9-4)33-34(39)32(35(33)40)26-14-12-24(5)22-28(26)41-18-20-43-30(37)8-3/h8-9,12-15,22-23,39H,3-7,10-11,16-21H2,1-2H3/b32-26-. The first kappa shape index (κ1) is 33.7. The van der Waals surface area contributed by atoms with Crippen LogP contribution in [0.2, 0.25) is 0 Å². The van der Waals surface area contributed by atoms with Crippen LogP contribution < -0.4 is 24.8 Å². The van der Waals surface area contributed by atoms with Crippen LogP contribution in [0.4, 0.5) is 5.69 Å². The Labute approximate surface area is 258 Å². The summed E-state index contributed by atoms with van der Waals surface area (Å²) in [5.74, 6) is -1.01. The zero-order valence-corrected chi connectivity index (χ0v) is 25.6. The average Bonchev–Trinajstić information content (AvgIpc) is 3.03. The molecule has 0 spiro atoms. The lowest BCUT2D eigenvalue weighted by Gasteiger charge is -2.28. The van der Waals surface area contributed by atoms with Crippen LogP contribution in [0.25, 0.3) is 17.7 Å². The normalized spacial score (nSPS) is 13.5. The Morgan fingerprint density at radius 2 is 1.41 bits per heavy atom. The molecule has 0 bridgehead atoms. The predicted molar refractivity (Wildman–Crippen MR) is 171 cm³/mol. The molecule has 0 fully saturated rings. The van der Waals surface area contributed by atoms with Gasteiger partial charge >= 0.3 is 11.9 Å².